The second kappa shape index (κ2) is 8.95. The highest BCUT2D eigenvalue weighted by Gasteiger charge is 2.25. The number of nitrogens with one attached hydrogen (secondary N) is 3. The van der Waals surface area contributed by atoms with Crippen LogP contribution in [0, 0.1) is 11.2 Å². The third-order valence-electron chi connectivity index (χ3n) is 5.39. The molecule has 3 aromatic rings. The molecule has 0 aliphatic heterocycles. The second-order valence-electron chi connectivity index (χ2n) is 7.33. The minimum absolute atomic E-state index is 0.245. The standard InChI is InChI=1S/C24H23FN4O2/c1-31-23-13-22(28-18-9-4-2-7-15(18)23)24(30)29-20-12-6-11-19(16(20)14-26)27-21-10-5-3-8-17(21)25/h2-5,7-10,13-14,20,26-27H,6,11-12H2,1H3,(H,29,30)/t20-/m1/s1. The molecule has 7 heteroatoms. The van der Waals surface area contributed by atoms with Crippen LogP contribution in [-0.2, 0) is 0 Å². The number of fused-ring (bicyclic) bond motifs is 1. The Morgan fingerprint density at radius 3 is 2.77 bits per heavy atom. The van der Waals surface area contributed by atoms with Crippen LogP contribution < -0.4 is 15.4 Å². The van der Waals surface area contributed by atoms with Crippen molar-refractivity contribution < 1.29 is 13.9 Å². The maximum atomic E-state index is 14.1. The molecule has 158 valence electrons. The number of amides is 1. The number of allylic oxidation sites excluding steroid dienone is 1. The molecule has 6 nitrogen and oxygen atoms in total. The van der Waals surface area contributed by atoms with Crippen LogP contribution in [0.5, 0.6) is 5.75 Å². The van der Waals surface area contributed by atoms with E-state index >= 15 is 0 Å². The van der Waals surface area contributed by atoms with Gasteiger partial charge in [0.15, 0.2) is 0 Å². The molecule has 2 aromatic carbocycles. The number of pyridine rings is 1. The first-order valence-electron chi connectivity index (χ1n) is 10.1. The predicted molar refractivity (Wildman–Crippen MR) is 119 cm³/mol. The number of halogens is 1. The van der Waals surface area contributed by atoms with Crippen molar-refractivity contribution in [3.8, 4) is 5.75 Å². The Bertz CT molecular complexity index is 1180. The fourth-order valence-electron chi connectivity index (χ4n) is 3.85. The van der Waals surface area contributed by atoms with Crippen LogP contribution in [0.25, 0.3) is 10.9 Å². The van der Waals surface area contributed by atoms with Gasteiger partial charge >= 0.3 is 0 Å². The normalized spacial score (nSPS) is 16.1. The maximum absolute atomic E-state index is 14.1. The molecule has 0 radical (unpaired) electrons. The molecule has 0 saturated heterocycles. The monoisotopic (exact) mass is 418 g/mol. The number of carbonyl (C=O) groups excluding carboxylic acids is 1. The third kappa shape index (κ3) is 4.26. The lowest BCUT2D eigenvalue weighted by atomic mass is 9.91. The average molecular weight is 418 g/mol. The average Bonchev–Trinajstić information content (AvgIpc) is 2.80. The number of nitrogens with zero attached hydrogens (tertiary/aromatic N) is 1. The molecule has 1 heterocycles. The molecule has 31 heavy (non-hydrogen) atoms. The zero-order valence-electron chi connectivity index (χ0n) is 17.1. The van der Waals surface area contributed by atoms with E-state index < -0.39 is 0 Å². The fraction of sp³-hybridized carbons (Fsp3) is 0.208. The Morgan fingerprint density at radius 2 is 2.00 bits per heavy atom. The summed E-state index contributed by atoms with van der Waals surface area (Å²) in [6.45, 7) is 0. The number of carbonyl (C=O) groups is 1. The van der Waals surface area contributed by atoms with Gasteiger partial charge < -0.3 is 20.8 Å². The number of aromatic nitrogens is 1. The molecular weight excluding hydrogens is 395 g/mol. The van der Waals surface area contributed by atoms with Crippen LogP contribution in [-0.4, -0.2) is 30.3 Å². The Hall–Kier alpha value is -3.74. The van der Waals surface area contributed by atoms with Gasteiger partial charge in [0.05, 0.1) is 24.4 Å². The first-order chi connectivity index (χ1) is 15.1. The van der Waals surface area contributed by atoms with Crippen LogP contribution in [0.2, 0.25) is 0 Å². The van der Waals surface area contributed by atoms with Crippen LogP contribution >= 0.6 is 0 Å². The Kier molecular flexibility index (Phi) is 5.93. The zero-order chi connectivity index (χ0) is 21.8. The van der Waals surface area contributed by atoms with Gasteiger partial charge in [-0.1, -0.05) is 24.3 Å². The van der Waals surface area contributed by atoms with Gasteiger partial charge in [0.25, 0.3) is 5.91 Å². The smallest absolute Gasteiger partial charge is 0.270 e. The molecular formula is C24H23FN4O2. The number of para-hydroxylation sites is 2. The predicted octanol–water partition coefficient (Wildman–Crippen LogP) is 4.68. The van der Waals surface area contributed by atoms with Crippen molar-refractivity contribution in [2.75, 3.05) is 12.4 Å². The molecule has 0 saturated carbocycles. The summed E-state index contributed by atoms with van der Waals surface area (Å²) < 4.78 is 19.5. The summed E-state index contributed by atoms with van der Waals surface area (Å²) in [7, 11) is 1.56. The lowest BCUT2D eigenvalue weighted by Gasteiger charge is -2.28. The van der Waals surface area contributed by atoms with Crippen LogP contribution in [0.1, 0.15) is 29.8 Å². The minimum Gasteiger partial charge on any atom is -0.496 e. The number of methoxy groups -OCH3 is 1. The number of hydrogen-bond donors (Lipinski definition) is 3. The van der Waals surface area contributed by atoms with Crippen molar-refractivity contribution >= 4 is 28.7 Å². The number of anilines is 1. The molecule has 1 aliphatic rings. The lowest BCUT2D eigenvalue weighted by molar-refractivity contribution is 0.0935. The molecule has 1 aliphatic carbocycles. The van der Waals surface area contributed by atoms with Gasteiger partial charge in [0, 0.05) is 28.9 Å². The number of hydrogen-bond acceptors (Lipinski definition) is 5. The maximum Gasteiger partial charge on any atom is 0.270 e. The van der Waals surface area contributed by atoms with E-state index in [-0.39, 0.29) is 23.5 Å². The highest BCUT2D eigenvalue weighted by atomic mass is 19.1. The molecule has 1 amide bonds. The highest BCUT2D eigenvalue weighted by molar-refractivity contribution is 5.98. The molecule has 0 spiro atoms. The van der Waals surface area contributed by atoms with E-state index in [2.05, 4.69) is 15.6 Å². The van der Waals surface area contributed by atoms with Crippen molar-refractivity contribution in [3.63, 3.8) is 0 Å². The third-order valence-corrected chi connectivity index (χ3v) is 5.39. The van der Waals surface area contributed by atoms with Gasteiger partial charge in [0.2, 0.25) is 0 Å². The molecule has 4 rings (SSSR count). The van der Waals surface area contributed by atoms with E-state index in [0.29, 0.717) is 35.4 Å². The summed E-state index contributed by atoms with van der Waals surface area (Å²) in [6.07, 6.45) is 3.38. The fourth-order valence-corrected chi connectivity index (χ4v) is 3.85. The lowest BCUT2D eigenvalue weighted by Crippen LogP contribution is -2.39. The molecule has 3 N–H and O–H groups in total. The quantitative estimate of drug-likeness (QED) is 0.507. The number of rotatable bonds is 6. The Labute approximate surface area is 179 Å². The van der Waals surface area contributed by atoms with Crippen LogP contribution in [0.4, 0.5) is 10.1 Å². The SMILES string of the molecule is COc1cc(C(=O)N[C@@H]2CCCC(Nc3ccccc3F)=C2C=N)nc2ccccc12. The van der Waals surface area contributed by atoms with Crippen molar-refractivity contribution in [3.05, 3.63) is 77.4 Å². The Morgan fingerprint density at radius 1 is 1.23 bits per heavy atom. The first-order valence-corrected chi connectivity index (χ1v) is 10.1. The Balaban J connectivity index is 1.61. The summed E-state index contributed by atoms with van der Waals surface area (Å²) >= 11 is 0. The van der Waals surface area contributed by atoms with Gasteiger partial charge in [0.1, 0.15) is 17.3 Å². The van der Waals surface area contributed by atoms with Gasteiger partial charge in [-0.05, 0) is 43.5 Å². The second-order valence-corrected chi connectivity index (χ2v) is 7.33. The van der Waals surface area contributed by atoms with Crippen LogP contribution in [0.15, 0.2) is 65.9 Å². The molecule has 1 aromatic heterocycles. The summed E-state index contributed by atoms with van der Waals surface area (Å²) in [5, 5.41) is 14.8. The van der Waals surface area contributed by atoms with E-state index in [1.165, 1.54) is 12.3 Å². The van der Waals surface area contributed by atoms with Gasteiger partial charge in [-0.2, -0.15) is 0 Å². The zero-order valence-corrected chi connectivity index (χ0v) is 17.1. The van der Waals surface area contributed by atoms with Crippen molar-refractivity contribution in [1.29, 1.82) is 5.41 Å². The summed E-state index contributed by atoms with van der Waals surface area (Å²) in [5.74, 6) is -0.136. The molecule has 0 bridgehead atoms. The van der Waals surface area contributed by atoms with E-state index in [1.54, 1.807) is 31.4 Å². The van der Waals surface area contributed by atoms with Crippen LogP contribution in [0.3, 0.4) is 0 Å². The van der Waals surface area contributed by atoms with E-state index in [4.69, 9.17) is 10.1 Å². The van der Waals surface area contributed by atoms with Gasteiger partial charge in [-0.15, -0.1) is 0 Å². The number of benzene rings is 2. The first kappa shape index (κ1) is 20.5. The summed E-state index contributed by atoms with van der Waals surface area (Å²) in [5.41, 5.74) is 2.63. The van der Waals surface area contributed by atoms with Gasteiger partial charge in [-0.3, -0.25) is 4.79 Å². The number of ether oxygens (including phenoxy) is 1. The summed E-state index contributed by atoms with van der Waals surface area (Å²) in [4.78, 5) is 17.5. The van der Waals surface area contributed by atoms with E-state index in [9.17, 15) is 9.18 Å². The molecule has 1 atom stereocenters. The minimum atomic E-state index is -0.368. The largest absolute Gasteiger partial charge is 0.496 e. The van der Waals surface area contributed by atoms with E-state index in [0.717, 1.165) is 17.5 Å². The van der Waals surface area contributed by atoms with Crippen molar-refractivity contribution in [1.82, 2.24) is 10.3 Å². The topological polar surface area (TPSA) is 87.1 Å². The molecule has 0 unspecified atom stereocenters. The summed E-state index contributed by atoms with van der Waals surface area (Å²) in [6, 6.07) is 15.1. The molecule has 0 fully saturated rings. The van der Waals surface area contributed by atoms with Gasteiger partial charge in [-0.25, -0.2) is 9.37 Å². The van der Waals surface area contributed by atoms with E-state index in [1.807, 2.05) is 24.3 Å². The van der Waals surface area contributed by atoms with Crippen molar-refractivity contribution in [2.45, 2.75) is 25.3 Å². The van der Waals surface area contributed by atoms with Crippen molar-refractivity contribution in [2.24, 2.45) is 0 Å². The highest BCUT2D eigenvalue weighted by Crippen LogP contribution is 2.28.